The first kappa shape index (κ1) is 22.2. The quantitative estimate of drug-likeness (QED) is 0.589. The van der Waals surface area contributed by atoms with E-state index in [1.165, 1.54) is 0 Å². The number of Topliss-reactive ketones (excluding diaryl/α,β-unsaturated/α-hetero) is 1. The van der Waals surface area contributed by atoms with Crippen molar-refractivity contribution in [3.05, 3.63) is 29.8 Å². The number of unbranched alkanes of at least 4 members (excludes halogenated alkanes) is 2. The number of carbonyl (C=O) groups is 2. The third-order valence-electron chi connectivity index (χ3n) is 3.96. The van der Waals surface area contributed by atoms with E-state index in [0.29, 0.717) is 31.4 Å². The van der Waals surface area contributed by atoms with Crippen LogP contribution in [0.1, 0.15) is 52.0 Å². The summed E-state index contributed by atoms with van der Waals surface area (Å²) in [5.74, 6) is -0.419. The Kier molecular flexibility index (Phi) is 8.27. The van der Waals surface area contributed by atoms with Gasteiger partial charge in [0.2, 0.25) is 0 Å². The number of sulfone groups is 1. The highest BCUT2D eigenvalue weighted by molar-refractivity contribution is 7.92. The first-order chi connectivity index (χ1) is 12.0. The van der Waals surface area contributed by atoms with Crippen LogP contribution in [0.5, 0.6) is 5.75 Å². The van der Waals surface area contributed by atoms with E-state index in [2.05, 4.69) is 0 Å². The van der Waals surface area contributed by atoms with Gasteiger partial charge in [-0.1, -0.05) is 18.6 Å². The maximum absolute atomic E-state index is 12.1. The fourth-order valence-electron chi connectivity index (χ4n) is 2.30. The summed E-state index contributed by atoms with van der Waals surface area (Å²) >= 11 is 0. The molecule has 0 heterocycles. The second-order valence-corrected chi connectivity index (χ2v) is 10.1. The van der Waals surface area contributed by atoms with Crippen molar-refractivity contribution in [3.8, 4) is 5.75 Å². The molecule has 0 unspecified atom stereocenters. The van der Waals surface area contributed by atoms with Crippen LogP contribution >= 0.6 is 0 Å². The number of carboxylic acids is 1. The zero-order valence-corrected chi connectivity index (χ0v) is 16.5. The highest BCUT2D eigenvalue weighted by atomic mass is 32.2. The summed E-state index contributed by atoms with van der Waals surface area (Å²) < 4.78 is 28.4. The van der Waals surface area contributed by atoms with Crippen molar-refractivity contribution in [1.29, 1.82) is 0 Å². The monoisotopic (exact) mass is 384 g/mol. The first-order valence-corrected chi connectivity index (χ1v) is 10.3. The third kappa shape index (κ3) is 7.99. The summed E-state index contributed by atoms with van der Waals surface area (Å²) in [6, 6.07) is 6.82. The molecule has 1 N–H and O–H groups in total. The van der Waals surface area contributed by atoms with E-state index in [0.717, 1.165) is 5.56 Å². The molecule has 7 heteroatoms. The van der Waals surface area contributed by atoms with E-state index < -0.39 is 27.2 Å². The van der Waals surface area contributed by atoms with Crippen molar-refractivity contribution < 1.29 is 27.9 Å². The Morgan fingerprint density at radius 2 is 1.81 bits per heavy atom. The molecular formula is C19H28O6S. The summed E-state index contributed by atoms with van der Waals surface area (Å²) in [6.07, 6.45) is 2.57. The molecule has 0 saturated heterocycles. The molecule has 0 amide bonds. The SMILES string of the molecule is CC(C)(C)S(=O)(=O)CCCCCC(=O)Cc1cccc(OCC(=O)O)c1. The van der Waals surface area contributed by atoms with E-state index in [1.807, 2.05) is 0 Å². The van der Waals surface area contributed by atoms with Crippen molar-refractivity contribution in [2.24, 2.45) is 0 Å². The predicted molar refractivity (Wildman–Crippen MR) is 100 cm³/mol. The number of ketones is 1. The second-order valence-electron chi connectivity index (χ2n) is 7.29. The van der Waals surface area contributed by atoms with E-state index in [1.54, 1.807) is 45.0 Å². The van der Waals surface area contributed by atoms with Crippen LogP contribution in [-0.4, -0.2) is 42.4 Å². The number of hydrogen-bond donors (Lipinski definition) is 1. The molecule has 146 valence electrons. The molecule has 0 fully saturated rings. The second kappa shape index (κ2) is 9.71. The van der Waals surface area contributed by atoms with Gasteiger partial charge in [0.1, 0.15) is 11.5 Å². The van der Waals surface area contributed by atoms with E-state index in [9.17, 15) is 18.0 Å². The average molecular weight is 384 g/mol. The van der Waals surface area contributed by atoms with Gasteiger partial charge in [0.05, 0.1) is 10.5 Å². The minimum atomic E-state index is -3.10. The van der Waals surface area contributed by atoms with E-state index in [4.69, 9.17) is 9.84 Å². The van der Waals surface area contributed by atoms with Crippen molar-refractivity contribution >= 4 is 21.6 Å². The third-order valence-corrected chi connectivity index (χ3v) is 6.66. The fourth-order valence-corrected chi connectivity index (χ4v) is 3.50. The molecule has 0 radical (unpaired) electrons. The normalized spacial score (nSPS) is 12.0. The molecule has 26 heavy (non-hydrogen) atoms. The molecular weight excluding hydrogens is 356 g/mol. The summed E-state index contributed by atoms with van der Waals surface area (Å²) in [7, 11) is -3.10. The molecule has 6 nitrogen and oxygen atoms in total. The van der Waals surface area contributed by atoms with Gasteiger partial charge in [-0.05, 0) is 51.3 Å². The Morgan fingerprint density at radius 3 is 2.42 bits per heavy atom. The molecule has 0 bridgehead atoms. The lowest BCUT2D eigenvalue weighted by Crippen LogP contribution is -2.30. The largest absolute Gasteiger partial charge is 0.482 e. The van der Waals surface area contributed by atoms with Gasteiger partial charge < -0.3 is 9.84 Å². The van der Waals surface area contributed by atoms with Gasteiger partial charge in [0.25, 0.3) is 0 Å². The van der Waals surface area contributed by atoms with Gasteiger partial charge in [0, 0.05) is 12.8 Å². The van der Waals surface area contributed by atoms with Gasteiger partial charge >= 0.3 is 5.97 Å². The molecule has 1 rings (SSSR count). The van der Waals surface area contributed by atoms with Crippen LogP contribution in [0.4, 0.5) is 0 Å². The van der Waals surface area contributed by atoms with E-state index in [-0.39, 0.29) is 18.0 Å². The van der Waals surface area contributed by atoms with Crippen molar-refractivity contribution in [1.82, 2.24) is 0 Å². The van der Waals surface area contributed by atoms with Crippen LogP contribution in [0.2, 0.25) is 0 Å². The lowest BCUT2D eigenvalue weighted by atomic mass is 10.0. The fraction of sp³-hybridized carbons (Fsp3) is 0.579. The van der Waals surface area contributed by atoms with Crippen LogP contribution < -0.4 is 4.74 Å². The van der Waals surface area contributed by atoms with Gasteiger partial charge in [-0.25, -0.2) is 13.2 Å². The van der Waals surface area contributed by atoms with Crippen LogP contribution in [0.25, 0.3) is 0 Å². The van der Waals surface area contributed by atoms with Crippen LogP contribution in [0, 0.1) is 0 Å². The maximum atomic E-state index is 12.1. The molecule has 0 aliphatic carbocycles. The predicted octanol–water partition coefficient (Wildman–Crippen LogP) is 3.04. The van der Waals surface area contributed by atoms with Gasteiger partial charge in [0.15, 0.2) is 16.4 Å². The molecule has 0 saturated carbocycles. The number of rotatable bonds is 11. The molecule has 1 aromatic rings. The number of benzene rings is 1. The minimum Gasteiger partial charge on any atom is -0.482 e. The van der Waals surface area contributed by atoms with Gasteiger partial charge in [-0.3, -0.25) is 4.79 Å². The topological polar surface area (TPSA) is 97.7 Å². The lowest BCUT2D eigenvalue weighted by Gasteiger charge is -2.18. The number of carbonyl (C=O) groups excluding carboxylic acids is 1. The maximum Gasteiger partial charge on any atom is 0.341 e. The zero-order valence-electron chi connectivity index (χ0n) is 15.7. The highest BCUT2D eigenvalue weighted by Crippen LogP contribution is 2.18. The first-order valence-electron chi connectivity index (χ1n) is 8.69. The Morgan fingerprint density at radius 1 is 1.12 bits per heavy atom. The Balaban J connectivity index is 2.35. The molecule has 0 aliphatic rings. The van der Waals surface area contributed by atoms with Crippen molar-refractivity contribution in [2.75, 3.05) is 12.4 Å². The van der Waals surface area contributed by atoms with Crippen molar-refractivity contribution in [2.45, 2.75) is 57.6 Å². The van der Waals surface area contributed by atoms with Crippen molar-refractivity contribution in [3.63, 3.8) is 0 Å². The zero-order chi connectivity index (χ0) is 19.8. The van der Waals surface area contributed by atoms with E-state index >= 15 is 0 Å². The van der Waals surface area contributed by atoms with Gasteiger partial charge in [-0.15, -0.1) is 0 Å². The molecule has 1 aromatic carbocycles. The number of aliphatic carboxylic acids is 1. The minimum absolute atomic E-state index is 0.0686. The number of carboxylic acid groups (broad SMARTS) is 1. The molecule has 0 aromatic heterocycles. The lowest BCUT2D eigenvalue weighted by molar-refractivity contribution is -0.139. The Bertz CT molecular complexity index is 716. The summed E-state index contributed by atoms with van der Waals surface area (Å²) in [5, 5.41) is 8.61. The standard InChI is InChI=1S/C19H28O6S/c1-19(2,3)26(23,24)11-6-4-5-9-16(20)12-15-8-7-10-17(13-15)25-14-18(21)22/h7-8,10,13H,4-6,9,11-12,14H2,1-3H3,(H,21,22). The number of hydrogen-bond acceptors (Lipinski definition) is 5. The summed E-state index contributed by atoms with van der Waals surface area (Å²) in [6.45, 7) is 4.66. The average Bonchev–Trinajstić information content (AvgIpc) is 2.51. The molecule has 0 spiro atoms. The van der Waals surface area contributed by atoms with Gasteiger partial charge in [-0.2, -0.15) is 0 Å². The van der Waals surface area contributed by atoms with Crippen LogP contribution in [0.3, 0.4) is 0 Å². The van der Waals surface area contributed by atoms with Crippen LogP contribution in [-0.2, 0) is 25.8 Å². The summed E-state index contributed by atoms with van der Waals surface area (Å²) in [5.41, 5.74) is 0.771. The Hall–Kier alpha value is -1.89. The van der Waals surface area contributed by atoms with Crippen LogP contribution in [0.15, 0.2) is 24.3 Å². The Labute approximate surface area is 155 Å². The molecule has 0 aliphatic heterocycles. The number of ether oxygens (including phenoxy) is 1. The highest BCUT2D eigenvalue weighted by Gasteiger charge is 2.27. The molecule has 0 atom stereocenters. The smallest absolute Gasteiger partial charge is 0.341 e. The summed E-state index contributed by atoms with van der Waals surface area (Å²) in [4.78, 5) is 22.6.